The molecule has 3 aliphatic rings. The molecule has 0 radical (unpaired) electrons. The van der Waals surface area contributed by atoms with Crippen molar-refractivity contribution in [1.82, 2.24) is 0 Å². The first-order chi connectivity index (χ1) is 8.69. The molecule has 2 unspecified atom stereocenters. The summed E-state index contributed by atoms with van der Waals surface area (Å²) in [5.41, 5.74) is -1.05. The first-order valence-corrected chi connectivity index (χ1v) is 6.15. The molecule has 2 aliphatic heterocycles. The number of allylic oxidation sites excluding steroid dienone is 4. The molecule has 0 aromatic carbocycles. The summed E-state index contributed by atoms with van der Waals surface area (Å²) >= 11 is 0. The van der Waals surface area contributed by atoms with Crippen molar-refractivity contribution in [2.24, 2.45) is 5.41 Å². The summed E-state index contributed by atoms with van der Waals surface area (Å²) in [5, 5.41) is 0. The maximum atomic E-state index is 12.1. The van der Waals surface area contributed by atoms with Gasteiger partial charge in [0.2, 0.25) is 5.60 Å². The zero-order valence-corrected chi connectivity index (χ0v) is 10.2. The molecule has 3 rings (SSSR count). The monoisotopic (exact) mass is 244 g/mol. The van der Waals surface area contributed by atoms with Crippen molar-refractivity contribution in [3.8, 4) is 0 Å². The minimum atomic E-state index is -0.848. The zero-order chi connectivity index (χ0) is 12.8. The lowest BCUT2D eigenvalue weighted by Gasteiger charge is -2.37. The van der Waals surface area contributed by atoms with Gasteiger partial charge in [-0.15, -0.1) is 13.2 Å². The van der Waals surface area contributed by atoms with Gasteiger partial charge in [0.15, 0.2) is 5.78 Å². The Morgan fingerprint density at radius 2 is 2.11 bits per heavy atom. The van der Waals surface area contributed by atoms with E-state index >= 15 is 0 Å². The van der Waals surface area contributed by atoms with Crippen LogP contribution in [-0.4, -0.2) is 24.1 Å². The average molecular weight is 244 g/mol. The molecule has 0 aromatic rings. The van der Waals surface area contributed by atoms with Gasteiger partial charge in [0, 0.05) is 5.41 Å². The van der Waals surface area contributed by atoms with Crippen LogP contribution >= 0.6 is 0 Å². The van der Waals surface area contributed by atoms with E-state index in [4.69, 9.17) is 9.47 Å². The van der Waals surface area contributed by atoms with Gasteiger partial charge < -0.3 is 9.47 Å². The van der Waals surface area contributed by atoms with Crippen molar-refractivity contribution in [2.75, 3.05) is 6.61 Å². The third-order valence-electron chi connectivity index (χ3n) is 4.02. The molecular weight excluding hydrogens is 228 g/mol. The summed E-state index contributed by atoms with van der Waals surface area (Å²) in [5.74, 6) is 0.644. The van der Waals surface area contributed by atoms with Crippen LogP contribution in [0.4, 0.5) is 0 Å². The maximum Gasteiger partial charge on any atom is 0.214 e. The normalized spacial score (nSPS) is 34.8. The van der Waals surface area contributed by atoms with Crippen LogP contribution in [0, 0.1) is 5.41 Å². The largest absolute Gasteiger partial charge is 0.494 e. The predicted molar refractivity (Wildman–Crippen MR) is 67.8 cm³/mol. The molecule has 0 aromatic heterocycles. The van der Waals surface area contributed by atoms with Crippen molar-refractivity contribution < 1.29 is 14.3 Å². The number of hydrogen-bond acceptors (Lipinski definition) is 3. The number of rotatable bonds is 4. The topological polar surface area (TPSA) is 38.8 Å². The minimum absolute atomic E-state index is 0.0119. The van der Waals surface area contributed by atoms with Crippen LogP contribution in [0.5, 0.6) is 0 Å². The van der Waals surface area contributed by atoms with Crippen molar-refractivity contribution >= 4 is 5.78 Å². The van der Waals surface area contributed by atoms with Gasteiger partial charge in [-0.3, -0.25) is 4.79 Å². The second-order valence-electron chi connectivity index (χ2n) is 5.12. The highest BCUT2D eigenvalue weighted by Crippen LogP contribution is 2.60. The number of ketones is 1. The van der Waals surface area contributed by atoms with E-state index in [9.17, 15) is 4.79 Å². The highest BCUT2D eigenvalue weighted by atomic mass is 16.7. The molecule has 2 atom stereocenters. The number of ether oxygens (including phenoxy) is 2. The molecule has 2 fully saturated rings. The lowest BCUT2D eigenvalue weighted by atomic mass is 9.71. The van der Waals surface area contributed by atoms with Crippen LogP contribution in [0.1, 0.15) is 12.8 Å². The maximum absolute atomic E-state index is 12.1. The Morgan fingerprint density at radius 3 is 2.78 bits per heavy atom. The van der Waals surface area contributed by atoms with Gasteiger partial charge in [0.05, 0.1) is 6.61 Å². The van der Waals surface area contributed by atoms with Gasteiger partial charge in [-0.1, -0.05) is 18.2 Å². The smallest absolute Gasteiger partial charge is 0.214 e. The summed E-state index contributed by atoms with van der Waals surface area (Å²) in [7, 11) is 0. The highest BCUT2D eigenvalue weighted by molar-refractivity contribution is 6.04. The summed E-state index contributed by atoms with van der Waals surface area (Å²) in [6.45, 7) is 8.14. The molecule has 2 saturated heterocycles. The van der Waals surface area contributed by atoms with E-state index in [1.165, 1.54) is 0 Å². The molecule has 3 heteroatoms. The van der Waals surface area contributed by atoms with E-state index in [0.717, 1.165) is 12.8 Å². The molecule has 0 N–H and O–H groups in total. The standard InChI is InChI=1S/C15H16O3/c1-3-8-14(9-4-2)10-17-12-7-5-6-11(16)15(12)13(14)18-15/h3-7,13H,1-2,8-10H2. The summed E-state index contributed by atoms with van der Waals surface area (Å²) in [6, 6.07) is 0. The van der Waals surface area contributed by atoms with Crippen LogP contribution in [0.15, 0.2) is 49.3 Å². The molecule has 1 spiro atoms. The third-order valence-corrected chi connectivity index (χ3v) is 4.02. The number of carbonyl (C=O) groups is 1. The van der Waals surface area contributed by atoms with Crippen molar-refractivity contribution in [1.29, 1.82) is 0 Å². The summed E-state index contributed by atoms with van der Waals surface area (Å²) in [4.78, 5) is 12.1. The third kappa shape index (κ3) is 1.25. The van der Waals surface area contributed by atoms with Crippen LogP contribution < -0.4 is 0 Å². The van der Waals surface area contributed by atoms with Gasteiger partial charge in [0.25, 0.3) is 0 Å². The van der Waals surface area contributed by atoms with Crippen LogP contribution in [-0.2, 0) is 14.3 Å². The molecule has 0 saturated carbocycles. The quantitative estimate of drug-likeness (QED) is 0.562. The fraction of sp³-hybridized carbons (Fsp3) is 0.400. The van der Waals surface area contributed by atoms with Gasteiger partial charge in [-0.05, 0) is 25.0 Å². The minimum Gasteiger partial charge on any atom is -0.494 e. The molecule has 3 nitrogen and oxygen atoms in total. The van der Waals surface area contributed by atoms with E-state index < -0.39 is 5.60 Å². The fourth-order valence-electron chi connectivity index (χ4n) is 3.12. The predicted octanol–water partition coefficient (Wildman–Crippen LogP) is 2.32. The van der Waals surface area contributed by atoms with Crippen LogP contribution in [0.3, 0.4) is 0 Å². The van der Waals surface area contributed by atoms with Gasteiger partial charge >= 0.3 is 0 Å². The van der Waals surface area contributed by atoms with Crippen LogP contribution in [0.2, 0.25) is 0 Å². The Labute approximate surface area is 106 Å². The Balaban J connectivity index is 1.98. The molecule has 0 bridgehead atoms. The highest BCUT2D eigenvalue weighted by Gasteiger charge is 2.74. The van der Waals surface area contributed by atoms with Crippen molar-refractivity contribution in [3.63, 3.8) is 0 Å². The van der Waals surface area contributed by atoms with E-state index in [1.54, 1.807) is 12.2 Å². The Hall–Kier alpha value is -1.61. The van der Waals surface area contributed by atoms with E-state index in [0.29, 0.717) is 12.4 Å². The number of hydrogen-bond donors (Lipinski definition) is 0. The van der Waals surface area contributed by atoms with Gasteiger partial charge in [0.1, 0.15) is 11.9 Å². The molecule has 94 valence electrons. The molecule has 0 amide bonds. The number of epoxide rings is 1. The molecule has 18 heavy (non-hydrogen) atoms. The van der Waals surface area contributed by atoms with Crippen molar-refractivity contribution in [2.45, 2.75) is 24.5 Å². The molecular formula is C15H16O3. The second kappa shape index (κ2) is 3.69. The summed E-state index contributed by atoms with van der Waals surface area (Å²) in [6.07, 6.45) is 10.2. The van der Waals surface area contributed by atoms with Crippen molar-refractivity contribution in [3.05, 3.63) is 49.3 Å². The van der Waals surface area contributed by atoms with Gasteiger partial charge in [-0.25, -0.2) is 0 Å². The van der Waals surface area contributed by atoms with E-state index in [-0.39, 0.29) is 17.3 Å². The molecule has 2 heterocycles. The second-order valence-corrected chi connectivity index (χ2v) is 5.12. The Kier molecular flexibility index (Phi) is 2.35. The number of carbonyl (C=O) groups excluding carboxylic acids is 1. The molecule has 1 aliphatic carbocycles. The van der Waals surface area contributed by atoms with E-state index in [2.05, 4.69) is 13.2 Å². The zero-order valence-electron chi connectivity index (χ0n) is 10.2. The SMILES string of the molecule is C=CCC1(CC=C)COC2=CC=CC(=O)C23OC13. The Morgan fingerprint density at radius 1 is 1.39 bits per heavy atom. The summed E-state index contributed by atoms with van der Waals surface area (Å²) < 4.78 is 11.6. The average Bonchev–Trinajstić information content (AvgIpc) is 3.10. The first-order valence-electron chi connectivity index (χ1n) is 6.15. The van der Waals surface area contributed by atoms with Crippen LogP contribution in [0.25, 0.3) is 0 Å². The Bertz CT molecular complexity index is 476. The lowest BCUT2D eigenvalue weighted by molar-refractivity contribution is -0.120. The first kappa shape index (κ1) is 11.5. The van der Waals surface area contributed by atoms with E-state index in [1.807, 2.05) is 18.2 Å². The fourth-order valence-corrected chi connectivity index (χ4v) is 3.12. The van der Waals surface area contributed by atoms with Gasteiger partial charge in [-0.2, -0.15) is 0 Å². The lowest BCUT2D eigenvalue weighted by Crippen LogP contribution is -2.46.